The molecule has 0 aliphatic carbocycles. The third-order valence-corrected chi connectivity index (χ3v) is 6.45. The second-order valence-corrected chi connectivity index (χ2v) is 8.33. The van der Waals surface area contributed by atoms with E-state index < -0.39 is 27.7 Å². The van der Waals surface area contributed by atoms with Crippen LogP contribution in [0.3, 0.4) is 0 Å². The molecule has 1 aliphatic heterocycles. The molecule has 1 aromatic carbocycles. The van der Waals surface area contributed by atoms with Crippen molar-refractivity contribution in [1.82, 2.24) is 14.3 Å². The summed E-state index contributed by atoms with van der Waals surface area (Å²) in [4.78, 5) is 20.7. The highest BCUT2D eigenvalue weighted by atomic mass is 32.2. The Hall–Kier alpha value is -2.73. The molecule has 0 unspecified atom stereocenters. The summed E-state index contributed by atoms with van der Waals surface area (Å²) in [6, 6.07) is 3.37. The molecule has 12 heteroatoms. The van der Waals surface area contributed by atoms with Gasteiger partial charge in [-0.15, -0.1) is 0 Å². The monoisotopic (exact) mass is 430 g/mol. The van der Waals surface area contributed by atoms with Crippen molar-refractivity contribution in [3.8, 4) is 0 Å². The summed E-state index contributed by atoms with van der Waals surface area (Å²) in [5, 5.41) is 9.03. The fourth-order valence-corrected chi connectivity index (χ4v) is 4.33. The molecule has 156 valence electrons. The van der Waals surface area contributed by atoms with Gasteiger partial charge in [0.2, 0.25) is 16.0 Å². The van der Waals surface area contributed by atoms with E-state index in [9.17, 15) is 26.4 Å². The molecule has 1 N–H and O–H groups in total. The number of rotatable bonds is 4. The van der Waals surface area contributed by atoms with Crippen LogP contribution in [0, 0.1) is 6.92 Å². The topological polar surface area (TPSA) is 104 Å². The zero-order chi connectivity index (χ0) is 21.4. The Morgan fingerprint density at radius 3 is 2.17 bits per heavy atom. The maximum atomic E-state index is 12.7. The molecular weight excluding hydrogens is 413 g/mol. The smallest absolute Gasteiger partial charge is 0.416 e. The maximum Gasteiger partial charge on any atom is 0.416 e. The summed E-state index contributed by atoms with van der Waals surface area (Å²) in [6.45, 7) is 2.23. The van der Waals surface area contributed by atoms with Crippen LogP contribution in [0.5, 0.6) is 0 Å². The van der Waals surface area contributed by atoms with Crippen LogP contribution < -0.4 is 4.90 Å². The molecule has 1 fully saturated rings. The Balaban J connectivity index is 1.71. The lowest BCUT2D eigenvalue weighted by molar-refractivity contribution is -0.137. The number of benzene rings is 1. The van der Waals surface area contributed by atoms with Crippen LogP contribution in [0.4, 0.5) is 19.1 Å². The molecule has 2 aromatic rings. The lowest BCUT2D eigenvalue weighted by Crippen LogP contribution is -2.49. The molecule has 0 bridgehead atoms. The largest absolute Gasteiger partial charge is 0.478 e. The van der Waals surface area contributed by atoms with E-state index in [4.69, 9.17) is 5.11 Å². The van der Waals surface area contributed by atoms with E-state index in [-0.39, 0.29) is 36.6 Å². The van der Waals surface area contributed by atoms with Crippen molar-refractivity contribution in [2.45, 2.75) is 18.0 Å². The average Bonchev–Trinajstić information content (AvgIpc) is 2.67. The van der Waals surface area contributed by atoms with Gasteiger partial charge in [-0.25, -0.2) is 23.2 Å². The van der Waals surface area contributed by atoms with Gasteiger partial charge in [0.15, 0.2) is 0 Å². The van der Waals surface area contributed by atoms with Gasteiger partial charge in [-0.3, -0.25) is 0 Å². The number of alkyl halides is 3. The first-order valence-electron chi connectivity index (χ1n) is 8.49. The van der Waals surface area contributed by atoms with Gasteiger partial charge in [0, 0.05) is 32.4 Å². The van der Waals surface area contributed by atoms with Crippen molar-refractivity contribution in [3.05, 3.63) is 47.3 Å². The van der Waals surface area contributed by atoms with Crippen molar-refractivity contribution in [1.29, 1.82) is 0 Å². The van der Waals surface area contributed by atoms with Gasteiger partial charge in [-0.05, 0) is 31.2 Å². The summed E-state index contributed by atoms with van der Waals surface area (Å²) in [7, 11) is -3.94. The quantitative estimate of drug-likeness (QED) is 0.791. The number of aromatic nitrogens is 2. The Labute approximate surface area is 164 Å². The molecule has 0 saturated carbocycles. The van der Waals surface area contributed by atoms with Gasteiger partial charge in [-0.2, -0.15) is 17.5 Å². The molecule has 0 spiro atoms. The Kier molecular flexibility index (Phi) is 5.50. The highest BCUT2D eigenvalue weighted by Gasteiger charge is 2.33. The average molecular weight is 430 g/mol. The summed E-state index contributed by atoms with van der Waals surface area (Å²) in [5.41, 5.74) is -0.641. The van der Waals surface area contributed by atoms with Crippen LogP contribution in [0.25, 0.3) is 0 Å². The minimum Gasteiger partial charge on any atom is -0.478 e. The van der Waals surface area contributed by atoms with Crippen LogP contribution in [-0.4, -0.2) is 59.9 Å². The Morgan fingerprint density at radius 1 is 1.10 bits per heavy atom. The number of carbonyl (C=O) groups is 1. The molecule has 29 heavy (non-hydrogen) atoms. The molecule has 2 heterocycles. The third kappa shape index (κ3) is 4.32. The zero-order valence-corrected chi connectivity index (χ0v) is 16.0. The van der Waals surface area contributed by atoms with Crippen LogP contribution in [-0.2, 0) is 16.2 Å². The van der Waals surface area contributed by atoms with E-state index in [1.807, 2.05) is 0 Å². The van der Waals surface area contributed by atoms with Crippen LogP contribution in [0.15, 0.2) is 35.4 Å². The van der Waals surface area contributed by atoms with Crippen molar-refractivity contribution < 1.29 is 31.5 Å². The zero-order valence-electron chi connectivity index (χ0n) is 15.2. The Bertz CT molecular complexity index is 1020. The molecule has 0 amide bonds. The lowest BCUT2D eigenvalue weighted by atomic mass is 10.2. The SMILES string of the molecule is Cc1nc(N2CCN(S(=O)(=O)c3ccc(C(F)(F)F)cc3)CC2)ncc1C(=O)O. The van der Waals surface area contributed by atoms with Gasteiger partial charge in [0.05, 0.1) is 21.7 Å². The summed E-state index contributed by atoms with van der Waals surface area (Å²) >= 11 is 0. The fourth-order valence-electron chi connectivity index (χ4n) is 2.91. The molecule has 0 radical (unpaired) electrons. The van der Waals surface area contributed by atoms with E-state index in [0.29, 0.717) is 11.6 Å². The molecule has 8 nitrogen and oxygen atoms in total. The van der Waals surface area contributed by atoms with Crippen molar-refractivity contribution >= 4 is 21.9 Å². The number of aryl methyl sites for hydroxylation is 1. The second-order valence-electron chi connectivity index (χ2n) is 6.39. The summed E-state index contributed by atoms with van der Waals surface area (Å²) < 4.78 is 64.6. The van der Waals surface area contributed by atoms with Crippen molar-refractivity contribution in [2.24, 2.45) is 0 Å². The number of carboxylic acid groups (broad SMARTS) is 1. The molecular formula is C17H17F3N4O4S. The fraction of sp³-hybridized carbons (Fsp3) is 0.353. The minimum atomic E-state index is -4.54. The normalized spacial score (nSPS) is 16.1. The second kappa shape index (κ2) is 7.59. The van der Waals surface area contributed by atoms with E-state index >= 15 is 0 Å². The number of piperazine rings is 1. The summed E-state index contributed by atoms with van der Waals surface area (Å²) in [5.74, 6) is -0.847. The lowest BCUT2D eigenvalue weighted by Gasteiger charge is -2.34. The number of hydrogen-bond donors (Lipinski definition) is 1. The number of carboxylic acids is 1. The maximum absolute atomic E-state index is 12.7. The van der Waals surface area contributed by atoms with Gasteiger partial charge in [0.25, 0.3) is 0 Å². The van der Waals surface area contributed by atoms with Gasteiger partial charge < -0.3 is 10.0 Å². The first kappa shape index (κ1) is 21.0. The number of halogens is 3. The third-order valence-electron chi connectivity index (χ3n) is 4.54. The van der Waals surface area contributed by atoms with Crippen LogP contribution >= 0.6 is 0 Å². The minimum absolute atomic E-state index is 0.0164. The van der Waals surface area contributed by atoms with E-state index in [2.05, 4.69) is 9.97 Å². The molecule has 3 rings (SSSR count). The predicted molar refractivity (Wildman–Crippen MR) is 96.1 cm³/mol. The molecule has 1 aliphatic rings. The van der Waals surface area contributed by atoms with Crippen molar-refractivity contribution in [3.63, 3.8) is 0 Å². The first-order valence-corrected chi connectivity index (χ1v) is 9.93. The van der Waals surface area contributed by atoms with E-state index in [0.717, 1.165) is 24.3 Å². The van der Waals surface area contributed by atoms with Gasteiger partial charge in [-0.1, -0.05) is 0 Å². The van der Waals surface area contributed by atoms with E-state index in [1.54, 1.807) is 11.8 Å². The number of nitrogens with zero attached hydrogens (tertiary/aromatic N) is 4. The number of hydrogen-bond acceptors (Lipinski definition) is 6. The standard InChI is InChI=1S/C17H17F3N4O4S/c1-11-14(15(25)26)10-21-16(22-11)23-6-8-24(9-7-23)29(27,28)13-4-2-12(3-5-13)17(18,19)20/h2-5,10H,6-9H2,1H3,(H,25,26). The van der Waals surface area contributed by atoms with Crippen LogP contribution in [0.2, 0.25) is 0 Å². The van der Waals surface area contributed by atoms with Gasteiger partial charge >= 0.3 is 12.1 Å². The molecule has 1 aromatic heterocycles. The van der Waals surface area contributed by atoms with E-state index in [1.165, 1.54) is 10.5 Å². The predicted octanol–water partition coefficient (Wildman–Crippen LogP) is 2.01. The Morgan fingerprint density at radius 2 is 1.69 bits per heavy atom. The highest BCUT2D eigenvalue weighted by Crippen LogP contribution is 2.30. The summed E-state index contributed by atoms with van der Waals surface area (Å²) in [6.07, 6.45) is -3.34. The van der Waals surface area contributed by atoms with Crippen molar-refractivity contribution in [2.75, 3.05) is 31.1 Å². The molecule has 1 saturated heterocycles. The number of anilines is 1. The number of aromatic carboxylic acids is 1. The van der Waals surface area contributed by atoms with Gasteiger partial charge in [0.1, 0.15) is 0 Å². The first-order chi connectivity index (χ1) is 13.5. The van der Waals surface area contributed by atoms with Crippen LogP contribution in [0.1, 0.15) is 21.6 Å². The number of sulfonamides is 1. The highest BCUT2D eigenvalue weighted by molar-refractivity contribution is 7.89. The molecule has 0 atom stereocenters.